The highest BCUT2D eigenvalue weighted by molar-refractivity contribution is 8.00. The van der Waals surface area contributed by atoms with Gasteiger partial charge in [-0.05, 0) is 17.7 Å². The maximum atomic E-state index is 13.8. The van der Waals surface area contributed by atoms with Crippen LogP contribution in [0.4, 0.5) is 4.39 Å². The predicted octanol–water partition coefficient (Wildman–Crippen LogP) is 2.88. The number of thioether (sulfide) groups is 1. The molecule has 0 atom stereocenters. The van der Waals surface area contributed by atoms with Gasteiger partial charge in [-0.2, -0.15) is 0 Å². The lowest BCUT2D eigenvalue weighted by Gasteiger charge is -2.02. The van der Waals surface area contributed by atoms with E-state index in [0.29, 0.717) is 16.9 Å². The van der Waals surface area contributed by atoms with Crippen molar-refractivity contribution in [1.82, 2.24) is 4.98 Å². The summed E-state index contributed by atoms with van der Waals surface area (Å²) in [6.07, 6.45) is 1.74. The van der Waals surface area contributed by atoms with Crippen LogP contribution in [0.25, 0.3) is 0 Å². The molecule has 2 aromatic rings. The van der Waals surface area contributed by atoms with Crippen LogP contribution in [0.15, 0.2) is 34.1 Å². The lowest BCUT2D eigenvalue weighted by atomic mass is 10.1. The Bertz CT molecular complexity index is 570. The smallest absolute Gasteiger partial charge is 0.150 e. The second-order valence-corrected chi connectivity index (χ2v) is 5.52. The quantitative estimate of drug-likeness (QED) is 0.693. The second kappa shape index (κ2) is 6.55. The summed E-state index contributed by atoms with van der Waals surface area (Å²) >= 11 is 3.08. The van der Waals surface area contributed by atoms with Gasteiger partial charge >= 0.3 is 0 Å². The van der Waals surface area contributed by atoms with E-state index in [9.17, 15) is 4.39 Å². The van der Waals surface area contributed by atoms with Crippen LogP contribution < -0.4 is 5.73 Å². The van der Waals surface area contributed by atoms with Crippen molar-refractivity contribution < 1.29 is 4.39 Å². The van der Waals surface area contributed by atoms with Crippen LogP contribution in [0.5, 0.6) is 0 Å². The summed E-state index contributed by atoms with van der Waals surface area (Å²) in [6.45, 7) is 0.281. The molecule has 2 rings (SSSR count). The standard InChI is InChI=1S/C13H11FN2S2/c14-12-8-10(2-1-5-15)3-4-11(12)9-18-13-16-6-7-17-13/h3-4,6-8H,5,9,15H2. The van der Waals surface area contributed by atoms with E-state index in [1.165, 1.54) is 17.8 Å². The maximum Gasteiger partial charge on any atom is 0.150 e. The van der Waals surface area contributed by atoms with E-state index in [1.54, 1.807) is 23.6 Å². The molecule has 2 nitrogen and oxygen atoms in total. The molecule has 0 unspecified atom stereocenters. The zero-order valence-electron chi connectivity index (χ0n) is 9.52. The number of nitrogens with two attached hydrogens (primary N) is 1. The van der Waals surface area contributed by atoms with Crippen LogP contribution in [0, 0.1) is 17.7 Å². The van der Waals surface area contributed by atoms with Gasteiger partial charge in [0, 0.05) is 22.9 Å². The minimum Gasteiger partial charge on any atom is -0.320 e. The molecule has 0 aliphatic heterocycles. The summed E-state index contributed by atoms with van der Waals surface area (Å²) in [5.74, 6) is 5.85. The summed E-state index contributed by atoms with van der Waals surface area (Å²) in [6, 6.07) is 5.01. The van der Waals surface area contributed by atoms with Crippen molar-refractivity contribution in [2.45, 2.75) is 10.1 Å². The summed E-state index contributed by atoms with van der Waals surface area (Å²) in [5, 5.41) is 1.91. The Morgan fingerprint density at radius 1 is 1.44 bits per heavy atom. The molecule has 0 saturated carbocycles. The first-order valence-corrected chi connectivity index (χ1v) is 7.16. The number of benzene rings is 1. The van der Waals surface area contributed by atoms with Crippen molar-refractivity contribution in [1.29, 1.82) is 0 Å². The molecule has 1 aromatic heterocycles. The number of halogens is 1. The summed E-state index contributed by atoms with van der Waals surface area (Å²) < 4.78 is 14.7. The second-order valence-electron chi connectivity index (χ2n) is 3.40. The van der Waals surface area contributed by atoms with Gasteiger partial charge in [-0.1, -0.05) is 29.7 Å². The largest absolute Gasteiger partial charge is 0.320 e. The van der Waals surface area contributed by atoms with Gasteiger partial charge in [0.05, 0.1) is 6.54 Å². The Morgan fingerprint density at radius 2 is 2.33 bits per heavy atom. The van der Waals surface area contributed by atoms with Gasteiger partial charge < -0.3 is 5.73 Å². The molecule has 0 amide bonds. The minimum atomic E-state index is -0.233. The van der Waals surface area contributed by atoms with E-state index in [-0.39, 0.29) is 12.4 Å². The predicted molar refractivity (Wildman–Crippen MR) is 74.0 cm³/mol. The molecular formula is C13H11FN2S2. The highest BCUT2D eigenvalue weighted by atomic mass is 32.2. The fourth-order valence-corrected chi connectivity index (χ4v) is 2.94. The van der Waals surface area contributed by atoms with Crippen LogP contribution in [-0.2, 0) is 5.75 Å². The zero-order chi connectivity index (χ0) is 12.8. The molecule has 18 heavy (non-hydrogen) atoms. The van der Waals surface area contributed by atoms with Crippen LogP contribution in [-0.4, -0.2) is 11.5 Å². The van der Waals surface area contributed by atoms with E-state index in [1.807, 2.05) is 11.4 Å². The van der Waals surface area contributed by atoms with Crippen LogP contribution in [0.2, 0.25) is 0 Å². The fourth-order valence-electron chi connectivity index (χ4n) is 1.32. The Hall–Kier alpha value is -1.35. The van der Waals surface area contributed by atoms with E-state index in [2.05, 4.69) is 16.8 Å². The number of hydrogen-bond acceptors (Lipinski definition) is 4. The third-order valence-electron chi connectivity index (χ3n) is 2.15. The Morgan fingerprint density at radius 3 is 3.00 bits per heavy atom. The molecule has 92 valence electrons. The van der Waals surface area contributed by atoms with Crippen LogP contribution in [0.3, 0.4) is 0 Å². The minimum absolute atomic E-state index is 0.233. The van der Waals surface area contributed by atoms with Gasteiger partial charge in [0.25, 0.3) is 0 Å². The van der Waals surface area contributed by atoms with E-state index < -0.39 is 0 Å². The molecule has 5 heteroatoms. The summed E-state index contributed by atoms with van der Waals surface area (Å²) in [4.78, 5) is 4.14. The molecule has 0 saturated heterocycles. The number of rotatable bonds is 3. The third kappa shape index (κ3) is 3.57. The third-order valence-corrected chi connectivity index (χ3v) is 4.16. The monoisotopic (exact) mass is 278 g/mol. The first-order valence-electron chi connectivity index (χ1n) is 5.29. The first-order chi connectivity index (χ1) is 8.79. The molecule has 0 aliphatic rings. The molecule has 1 aromatic carbocycles. The van der Waals surface area contributed by atoms with Crippen molar-refractivity contribution in [2.24, 2.45) is 5.73 Å². The van der Waals surface area contributed by atoms with Crippen LogP contribution >= 0.6 is 23.1 Å². The van der Waals surface area contributed by atoms with Gasteiger partial charge in [0.15, 0.2) is 0 Å². The summed E-state index contributed by atoms with van der Waals surface area (Å²) in [7, 11) is 0. The Balaban J connectivity index is 2.05. The van der Waals surface area contributed by atoms with E-state index in [4.69, 9.17) is 5.73 Å². The molecule has 0 radical (unpaired) electrons. The highest BCUT2D eigenvalue weighted by Crippen LogP contribution is 2.25. The van der Waals surface area contributed by atoms with Crippen molar-refractivity contribution in [2.75, 3.05) is 6.54 Å². The molecule has 0 aliphatic carbocycles. The number of nitrogens with zero attached hydrogens (tertiary/aromatic N) is 1. The Kier molecular flexibility index (Phi) is 4.76. The SMILES string of the molecule is NCC#Cc1ccc(CSc2nccs2)c(F)c1. The first kappa shape index (κ1) is 13.1. The molecule has 0 spiro atoms. The normalized spacial score (nSPS) is 9.89. The highest BCUT2D eigenvalue weighted by Gasteiger charge is 2.04. The topological polar surface area (TPSA) is 38.9 Å². The van der Waals surface area contributed by atoms with Crippen molar-refractivity contribution in [3.8, 4) is 11.8 Å². The van der Waals surface area contributed by atoms with Crippen molar-refractivity contribution in [3.63, 3.8) is 0 Å². The van der Waals surface area contributed by atoms with Gasteiger partial charge in [-0.25, -0.2) is 9.37 Å². The molecule has 1 heterocycles. The van der Waals surface area contributed by atoms with E-state index >= 15 is 0 Å². The molecular weight excluding hydrogens is 267 g/mol. The van der Waals surface area contributed by atoms with Gasteiger partial charge in [-0.3, -0.25) is 0 Å². The Labute approximate surface area is 113 Å². The van der Waals surface area contributed by atoms with Crippen molar-refractivity contribution >= 4 is 23.1 Å². The number of aromatic nitrogens is 1. The number of hydrogen-bond donors (Lipinski definition) is 1. The van der Waals surface area contributed by atoms with Crippen LogP contribution in [0.1, 0.15) is 11.1 Å². The average Bonchev–Trinajstić information content (AvgIpc) is 2.88. The molecule has 0 bridgehead atoms. The molecule has 2 N–H and O–H groups in total. The fraction of sp³-hybridized carbons (Fsp3) is 0.154. The van der Waals surface area contributed by atoms with Gasteiger partial charge in [0.1, 0.15) is 10.2 Å². The average molecular weight is 278 g/mol. The molecule has 0 fully saturated rings. The van der Waals surface area contributed by atoms with Crippen molar-refractivity contribution in [3.05, 3.63) is 46.7 Å². The van der Waals surface area contributed by atoms with Gasteiger partial charge in [0.2, 0.25) is 0 Å². The van der Waals surface area contributed by atoms with E-state index in [0.717, 1.165) is 4.34 Å². The zero-order valence-corrected chi connectivity index (χ0v) is 11.2. The lowest BCUT2D eigenvalue weighted by Crippen LogP contribution is -1.93. The number of thiazole rings is 1. The summed E-state index contributed by atoms with van der Waals surface area (Å²) in [5.41, 5.74) is 6.58. The maximum absolute atomic E-state index is 13.8. The lowest BCUT2D eigenvalue weighted by molar-refractivity contribution is 0.617. The van der Waals surface area contributed by atoms with Gasteiger partial charge in [-0.15, -0.1) is 11.3 Å².